The van der Waals surface area contributed by atoms with E-state index in [0.717, 1.165) is 42.9 Å². The molecule has 1 atom stereocenters. The summed E-state index contributed by atoms with van der Waals surface area (Å²) in [6.45, 7) is 2.90. The molecule has 6 nitrogen and oxygen atoms in total. The minimum Gasteiger partial charge on any atom is -0.496 e. The normalized spacial score (nSPS) is 14.9. The number of hydrogen-bond donors (Lipinski definition) is 1. The number of benzene rings is 1. The number of nitrogens with one attached hydrogen (secondary N) is 1. The molecule has 0 aliphatic carbocycles. The number of aryl methyl sites for hydroxylation is 2. The average Bonchev–Trinajstić information content (AvgIpc) is 2.96. The van der Waals surface area contributed by atoms with Crippen molar-refractivity contribution in [3.05, 3.63) is 35.7 Å². The van der Waals surface area contributed by atoms with E-state index in [1.165, 1.54) is 0 Å². The first kappa shape index (κ1) is 15.5. The van der Waals surface area contributed by atoms with E-state index in [4.69, 9.17) is 4.74 Å². The molecule has 1 aliphatic rings. The fourth-order valence-corrected chi connectivity index (χ4v) is 2.97. The second-order valence-corrected chi connectivity index (χ2v) is 5.93. The average molecular weight is 314 g/mol. The van der Waals surface area contributed by atoms with Crippen LogP contribution in [0.5, 0.6) is 5.75 Å². The van der Waals surface area contributed by atoms with Crippen molar-refractivity contribution in [1.29, 1.82) is 0 Å². The van der Waals surface area contributed by atoms with Gasteiger partial charge in [-0.05, 0) is 30.4 Å². The Morgan fingerprint density at radius 3 is 3.00 bits per heavy atom. The number of anilines is 1. The molecule has 0 saturated heterocycles. The van der Waals surface area contributed by atoms with Crippen molar-refractivity contribution in [3.8, 4) is 5.75 Å². The minimum absolute atomic E-state index is 0.0587. The van der Waals surface area contributed by atoms with Gasteiger partial charge in [0.15, 0.2) is 0 Å². The number of para-hydroxylation sites is 1. The summed E-state index contributed by atoms with van der Waals surface area (Å²) < 4.78 is 7.25. The van der Waals surface area contributed by atoms with E-state index >= 15 is 0 Å². The molecule has 1 aromatic heterocycles. The van der Waals surface area contributed by atoms with Gasteiger partial charge in [-0.15, -0.1) is 5.10 Å². The van der Waals surface area contributed by atoms with Crippen molar-refractivity contribution in [2.75, 3.05) is 12.4 Å². The molecule has 1 amide bonds. The number of amides is 1. The van der Waals surface area contributed by atoms with Gasteiger partial charge in [0.05, 0.1) is 7.11 Å². The molecule has 23 heavy (non-hydrogen) atoms. The summed E-state index contributed by atoms with van der Waals surface area (Å²) in [6, 6.07) is 7.78. The van der Waals surface area contributed by atoms with Crippen LogP contribution in [0.2, 0.25) is 0 Å². The Balaban J connectivity index is 1.63. The maximum absolute atomic E-state index is 12.3. The molecule has 0 unspecified atom stereocenters. The number of nitrogens with zero attached hydrogens (tertiary/aromatic N) is 3. The minimum atomic E-state index is -0.0775. The number of fused-ring (bicyclic) bond motifs is 1. The fraction of sp³-hybridized carbons (Fsp3) is 0.471. The number of methoxy groups -OCH3 is 1. The fourth-order valence-electron chi connectivity index (χ4n) is 2.97. The molecule has 1 N–H and O–H groups in total. The molecule has 0 bridgehead atoms. The zero-order valence-corrected chi connectivity index (χ0v) is 13.6. The highest BCUT2D eigenvalue weighted by Crippen LogP contribution is 2.28. The zero-order valence-electron chi connectivity index (χ0n) is 13.6. The Kier molecular flexibility index (Phi) is 4.60. The van der Waals surface area contributed by atoms with Crippen molar-refractivity contribution >= 4 is 11.9 Å². The van der Waals surface area contributed by atoms with Crippen molar-refractivity contribution in [2.24, 2.45) is 0 Å². The number of carbonyl (C=O) groups is 1. The summed E-state index contributed by atoms with van der Waals surface area (Å²) in [5.41, 5.74) is 1.03. The lowest BCUT2D eigenvalue weighted by Gasteiger charge is -2.14. The Bertz CT molecular complexity index is 672. The van der Waals surface area contributed by atoms with Crippen LogP contribution in [-0.2, 0) is 17.8 Å². The summed E-state index contributed by atoms with van der Waals surface area (Å²) in [4.78, 5) is 16.7. The molecule has 1 aliphatic heterocycles. The van der Waals surface area contributed by atoms with E-state index < -0.39 is 0 Å². The molecular formula is C17H22N4O2. The van der Waals surface area contributed by atoms with E-state index in [1.807, 2.05) is 35.9 Å². The first-order valence-electron chi connectivity index (χ1n) is 8.04. The number of hydrogen-bond acceptors (Lipinski definition) is 4. The predicted octanol–water partition coefficient (Wildman–Crippen LogP) is 2.76. The van der Waals surface area contributed by atoms with Crippen LogP contribution < -0.4 is 10.1 Å². The van der Waals surface area contributed by atoms with Gasteiger partial charge in [0.2, 0.25) is 11.9 Å². The van der Waals surface area contributed by atoms with Gasteiger partial charge in [-0.3, -0.25) is 10.1 Å². The van der Waals surface area contributed by atoms with Gasteiger partial charge in [0.25, 0.3) is 0 Å². The molecule has 6 heteroatoms. The third-order valence-electron chi connectivity index (χ3n) is 4.18. The van der Waals surface area contributed by atoms with Gasteiger partial charge in [-0.1, -0.05) is 25.1 Å². The van der Waals surface area contributed by atoms with Crippen LogP contribution in [0.4, 0.5) is 5.95 Å². The maximum atomic E-state index is 12.3. The summed E-state index contributed by atoms with van der Waals surface area (Å²) in [5, 5.41) is 7.17. The summed E-state index contributed by atoms with van der Waals surface area (Å²) in [5.74, 6) is 2.17. The lowest BCUT2D eigenvalue weighted by molar-refractivity contribution is -0.116. The first-order chi connectivity index (χ1) is 11.2. The Hall–Kier alpha value is -2.37. The highest BCUT2D eigenvalue weighted by molar-refractivity contribution is 5.89. The quantitative estimate of drug-likeness (QED) is 0.921. The zero-order chi connectivity index (χ0) is 16.2. The highest BCUT2D eigenvalue weighted by atomic mass is 16.5. The third-order valence-corrected chi connectivity index (χ3v) is 4.18. The van der Waals surface area contributed by atoms with Crippen LogP contribution in [0.15, 0.2) is 24.3 Å². The van der Waals surface area contributed by atoms with Gasteiger partial charge in [0, 0.05) is 19.4 Å². The number of aromatic nitrogens is 3. The van der Waals surface area contributed by atoms with Crippen molar-refractivity contribution in [1.82, 2.24) is 14.8 Å². The van der Waals surface area contributed by atoms with Crippen LogP contribution in [0.25, 0.3) is 0 Å². The van der Waals surface area contributed by atoms with Crippen LogP contribution in [0.3, 0.4) is 0 Å². The van der Waals surface area contributed by atoms with Gasteiger partial charge >= 0.3 is 0 Å². The molecule has 1 aromatic carbocycles. The summed E-state index contributed by atoms with van der Waals surface area (Å²) >= 11 is 0. The monoisotopic (exact) mass is 314 g/mol. The second kappa shape index (κ2) is 6.81. The maximum Gasteiger partial charge on any atom is 0.248 e. The van der Waals surface area contributed by atoms with Crippen molar-refractivity contribution in [2.45, 2.75) is 45.1 Å². The molecule has 0 radical (unpaired) electrons. The first-order valence-corrected chi connectivity index (χ1v) is 8.04. The largest absolute Gasteiger partial charge is 0.496 e. The molecule has 122 valence electrons. The lowest BCUT2D eigenvalue weighted by atomic mass is 9.96. The Morgan fingerprint density at radius 2 is 2.22 bits per heavy atom. The van der Waals surface area contributed by atoms with Gasteiger partial charge in [-0.2, -0.15) is 4.98 Å². The molecule has 0 saturated carbocycles. The van der Waals surface area contributed by atoms with E-state index in [2.05, 4.69) is 15.4 Å². The van der Waals surface area contributed by atoms with Crippen LogP contribution in [0, 0.1) is 0 Å². The van der Waals surface area contributed by atoms with Crippen molar-refractivity contribution in [3.63, 3.8) is 0 Å². The van der Waals surface area contributed by atoms with Crippen LogP contribution in [-0.4, -0.2) is 27.8 Å². The van der Waals surface area contributed by atoms with Gasteiger partial charge < -0.3 is 4.74 Å². The van der Waals surface area contributed by atoms with E-state index in [9.17, 15) is 4.79 Å². The summed E-state index contributed by atoms with van der Waals surface area (Å²) in [6.07, 6.45) is 3.55. The SMILES string of the molecule is COc1ccccc1[C@@H](C)CC(=O)Nc1nc2n(n1)CCCC2. The molecule has 2 heterocycles. The second-order valence-electron chi connectivity index (χ2n) is 5.93. The van der Waals surface area contributed by atoms with Crippen molar-refractivity contribution < 1.29 is 9.53 Å². The molecule has 0 fully saturated rings. The number of carbonyl (C=O) groups excluding carboxylic acids is 1. The molecule has 2 aromatic rings. The number of rotatable bonds is 5. The third kappa shape index (κ3) is 3.52. The van der Waals surface area contributed by atoms with Crippen LogP contribution >= 0.6 is 0 Å². The topological polar surface area (TPSA) is 69.0 Å². The predicted molar refractivity (Wildman–Crippen MR) is 87.6 cm³/mol. The summed E-state index contributed by atoms with van der Waals surface area (Å²) in [7, 11) is 1.64. The van der Waals surface area contributed by atoms with Gasteiger partial charge in [0.1, 0.15) is 11.6 Å². The van der Waals surface area contributed by atoms with Crippen LogP contribution in [0.1, 0.15) is 43.5 Å². The van der Waals surface area contributed by atoms with E-state index in [0.29, 0.717) is 12.4 Å². The standard InChI is InChI=1S/C17H22N4O2/c1-12(13-7-3-4-8-14(13)23-2)11-16(22)19-17-18-15-9-5-6-10-21(15)20-17/h3-4,7-8,12H,5-6,9-11H2,1-2H3,(H,19,20,22)/t12-/m0/s1. The Morgan fingerprint density at radius 1 is 1.39 bits per heavy atom. The smallest absolute Gasteiger partial charge is 0.248 e. The lowest BCUT2D eigenvalue weighted by Crippen LogP contribution is -2.16. The molecule has 3 rings (SSSR count). The molecular weight excluding hydrogens is 292 g/mol. The van der Waals surface area contributed by atoms with E-state index in [1.54, 1.807) is 7.11 Å². The van der Waals surface area contributed by atoms with E-state index in [-0.39, 0.29) is 11.8 Å². The number of ether oxygens (including phenoxy) is 1. The Labute approximate surface area is 135 Å². The molecule has 0 spiro atoms. The highest BCUT2D eigenvalue weighted by Gasteiger charge is 2.18. The van der Waals surface area contributed by atoms with Gasteiger partial charge in [-0.25, -0.2) is 4.68 Å².